The van der Waals surface area contributed by atoms with Gasteiger partial charge in [0.15, 0.2) is 11.6 Å². The number of carbonyl (C=O) groups excluding carboxylic acids is 2. The Morgan fingerprint density at radius 1 is 0.724 bits per heavy atom. The van der Waals surface area contributed by atoms with E-state index in [1.54, 1.807) is 13.8 Å². The average Bonchev–Trinajstić information content (AvgIpc) is 2.58. The highest BCUT2D eigenvalue weighted by Gasteiger charge is 2.53. The molecule has 4 nitrogen and oxygen atoms in total. The third-order valence-electron chi connectivity index (χ3n) is 6.25. The molecule has 0 atom stereocenters. The Balaban J connectivity index is 1.83. The Kier molecular flexibility index (Phi) is 4.20. The normalized spacial score (nSPS) is 20.1. The predicted molar refractivity (Wildman–Crippen MR) is 112 cm³/mol. The summed E-state index contributed by atoms with van der Waals surface area (Å²) in [5.41, 5.74) is 3.05. The van der Waals surface area contributed by atoms with Gasteiger partial charge in [0.25, 0.3) is 5.79 Å². The lowest BCUT2D eigenvalue weighted by atomic mass is 9.69. The predicted octanol–water partition coefficient (Wildman–Crippen LogP) is 5.61. The van der Waals surface area contributed by atoms with Gasteiger partial charge in [0, 0.05) is 45.9 Å². The first-order chi connectivity index (χ1) is 13.4. The first-order valence-corrected chi connectivity index (χ1v) is 10.1. The maximum atomic E-state index is 11.9. The van der Waals surface area contributed by atoms with Crippen molar-refractivity contribution < 1.29 is 19.1 Å². The van der Waals surface area contributed by atoms with Crippen LogP contribution in [0.1, 0.15) is 86.2 Å². The molecule has 2 aliphatic rings. The summed E-state index contributed by atoms with van der Waals surface area (Å²) in [5, 5.41) is 0. The number of rotatable bonds is 2. The van der Waals surface area contributed by atoms with E-state index in [0.717, 1.165) is 11.1 Å². The van der Waals surface area contributed by atoms with Crippen LogP contribution >= 0.6 is 0 Å². The minimum atomic E-state index is -0.849. The van der Waals surface area contributed by atoms with Crippen LogP contribution in [0.5, 0.6) is 11.5 Å². The number of ether oxygens (including phenoxy) is 2. The molecule has 0 fully saturated rings. The molecule has 152 valence electrons. The minimum absolute atomic E-state index is 0.00941. The minimum Gasteiger partial charge on any atom is -0.452 e. The number of Topliss-reactive ketones (excluding diaryl/α,β-unsaturated/α-hetero) is 2. The molecule has 0 saturated heterocycles. The maximum Gasteiger partial charge on any atom is 0.252 e. The molecular weight excluding hydrogens is 364 g/mol. The molecule has 2 aromatic carbocycles. The molecule has 2 aliphatic heterocycles. The molecule has 0 saturated carbocycles. The fourth-order valence-electron chi connectivity index (χ4n) is 4.94. The number of fused-ring (bicyclic) bond motifs is 2. The fourth-order valence-corrected chi connectivity index (χ4v) is 4.94. The maximum absolute atomic E-state index is 11.9. The Hall–Kier alpha value is -2.62. The topological polar surface area (TPSA) is 52.6 Å². The lowest BCUT2D eigenvalue weighted by Crippen LogP contribution is -2.55. The largest absolute Gasteiger partial charge is 0.452 e. The summed E-state index contributed by atoms with van der Waals surface area (Å²) >= 11 is 0. The van der Waals surface area contributed by atoms with E-state index in [9.17, 15) is 9.59 Å². The van der Waals surface area contributed by atoms with Crippen LogP contribution in [0.3, 0.4) is 0 Å². The summed E-state index contributed by atoms with van der Waals surface area (Å²) in [6, 6.07) is 11.4. The van der Waals surface area contributed by atoms with Crippen molar-refractivity contribution in [2.45, 2.75) is 71.0 Å². The molecule has 2 heterocycles. The summed E-state index contributed by atoms with van der Waals surface area (Å²) in [7, 11) is 0. The van der Waals surface area contributed by atoms with Crippen LogP contribution in [0.25, 0.3) is 0 Å². The van der Waals surface area contributed by atoms with E-state index in [2.05, 4.69) is 27.7 Å². The van der Waals surface area contributed by atoms with Gasteiger partial charge >= 0.3 is 0 Å². The van der Waals surface area contributed by atoms with Gasteiger partial charge in [0.05, 0.1) is 0 Å². The molecule has 0 bridgehead atoms. The lowest BCUT2D eigenvalue weighted by Gasteiger charge is -2.51. The van der Waals surface area contributed by atoms with E-state index in [1.165, 1.54) is 0 Å². The van der Waals surface area contributed by atoms with Crippen molar-refractivity contribution in [3.8, 4) is 11.5 Å². The zero-order valence-electron chi connectivity index (χ0n) is 18.0. The van der Waals surface area contributed by atoms with Crippen molar-refractivity contribution in [1.82, 2.24) is 0 Å². The second-order valence-corrected chi connectivity index (χ2v) is 9.77. The van der Waals surface area contributed by atoms with E-state index in [1.807, 2.05) is 36.4 Å². The highest BCUT2D eigenvalue weighted by Crippen LogP contribution is 2.53. The van der Waals surface area contributed by atoms with E-state index < -0.39 is 5.79 Å². The van der Waals surface area contributed by atoms with E-state index in [-0.39, 0.29) is 22.4 Å². The van der Waals surface area contributed by atoms with Crippen LogP contribution < -0.4 is 9.47 Å². The van der Waals surface area contributed by atoms with E-state index in [0.29, 0.717) is 35.5 Å². The number of ketones is 2. The first-order valence-electron chi connectivity index (χ1n) is 10.1. The SMILES string of the molecule is CC(=O)c1ccc2c(c1)OC1(CC2(C)C)CC(C)(C)c2ccc(C(C)=O)cc2O1. The lowest BCUT2D eigenvalue weighted by molar-refractivity contribution is -0.166. The molecule has 0 aromatic heterocycles. The number of carbonyl (C=O) groups is 2. The van der Waals surface area contributed by atoms with E-state index >= 15 is 0 Å². The summed E-state index contributed by atoms with van der Waals surface area (Å²) in [6.45, 7) is 11.8. The third kappa shape index (κ3) is 3.25. The second kappa shape index (κ2) is 6.19. The summed E-state index contributed by atoms with van der Waals surface area (Å²) in [6.07, 6.45) is 1.36. The molecule has 0 aliphatic carbocycles. The van der Waals surface area contributed by atoms with Gasteiger partial charge in [0.1, 0.15) is 11.5 Å². The van der Waals surface area contributed by atoms with Crippen LogP contribution in [-0.4, -0.2) is 17.4 Å². The van der Waals surface area contributed by atoms with Crippen LogP contribution in [0.2, 0.25) is 0 Å². The van der Waals surface area contributed by atoms with Crippen LogP contribution in [-0.2, 0) is 10.8 Å². The average molecular weight is 392 g/mol. The molecule has 0 N–H and O–H groups in total. The molecule has 29 heavy (non-hydrogen) atoms. The smallest absolute Gasteiger partial charge is 0.252 e. The van der Waals surface area contributed by atoms with Gasteiger partial charge in [-0.25, -0.2) is 0 Å². The van der Waals surface area contributed by atoms with Gasteiger partial charge < -0.3 is 9.47 Å². The molecule has 0 radical (unpaired) electrons. The Morgan fingerprint density at radius 3 is 1.45 bits per heavy atom. The van der Waals surface area contributed by atoms with Crippen molar-refractivity contribution in [2.24, 2.45) is 0 Å². The Labute approximate surface area is 172 Å². The molecule has 4 heteroatoms. The van der Waals surface area contributed by atoms with Crippen molar-refractivity contribution >= 4 is 11.6 Å². The zero-order chi connectivity index (χ0) is 21.2. The van der Waals surface area contributed by atoms with Gasteiger partial charge in [0.2, 0.25) is 0 Å². The zero-order valence-corrected chi connectivity index (χ0v) is 18.0. The Morgan fingerprint density at radius 2 is 1.10 bits per heavy atom. The summed E-state index contributed by atoms with van der Waals surface area (Å²) in [5.74, 6) is 0.579. The molecular formula is C25H28O4. The van der Waals surface area contributed by atoms with Gasteiger partial charge in [-0.1, -0.05) is 52.0 Å². The highest BCUT2D eigenvalue weighted by atomic mass is 16.7. The standard InChI is InChI=1S/C25H28O4/c1-15(26)17-7-9-19-21(11-17)28-25(13-23(19,3)4)14-24(5,6)20-10-8-18(16(2)27)12-22(20)29-25/h7-12H,13-14H2,1-6H3. The first kappa shape index (κ1) is 19.7. The molecule has 2 aromatic rings. The summed E-state index contributed by atoms with van der Waals surface area (Å²) < 4.78 is 13.0. The Bertz CT molecular complexity index is 946. The quantitative estimate of drug-likeness (QED) is 0.624. The molecule has 0 unspecified atom stereocenters. The van der Waals surface area contributed by atoms with Gasteiger partial charge in [-0.3, -0.25) is 9.59 Å². The van der Waals surface area contributed by atoms with Gasteiger partial charge in [-0.05, 0) is 26.0 Å². The molecule has 4 rings (SSSR count). The van der Waals surface area contributed by atoms with Crippen molar-refractivity contribution in [3.63, 3.8) is 0 Å². The van der Waals surface area contributed by atoms with Crippen molar-refractivity contribution in [2.75, 3.05) is 0 Å². The second-order valence-electron chi connectivity index (χ2n) is 9.77. The third-order valence-corrected chi connectivity index (χ3v) is 6.25. The van der Waals surface area contributed by atoms with Crippen molar-refractivity contribution in [3.05, 3.63) is 58.7 Å². The summed E-state index contributed by atoms with van der Waals surface area (Å²) in [4.78, 5) is 23.8. The van der Waals surface area contributed by atoms with Crippen molar-refractivity contribution in [1.29, 1.82) is 0 Å². The van der Waals surface area contributed by atoms with Crippen LogP contribution in [0.4, 0.5) is 0 Å². The number of hydrogen-bond donors (Lipinski definition) is 0. The van der Waals surface area contributed by atoms with Crippen LogP contribution in [0, 0.1) is 0 Å². The highest BCUT2D eigenvalue weighted by molar-refractivity contribution is 5.95. The van der Waals surface area contributed by atoms with E-state index in [4.69, 9.17) is 9.47 Å². The monoisotopic (exact) mass is 392 g/mol. The van der Waals surface area contributed by atoms with Gasteiger partial charge in [-0.15, -0.1) is 0 Å². The van der Waals surface area contributed by atoms with Gasteiger partial charge in [-0.2, -0.15) is 0 Å². The number of hydrogen-bond acceptors (Lipinski definition) is 4. The van der Waals surface area contributed by atoms with Crippen LogP contribution in [0.15, 0.2) is 36.4 Å². The number of benzene rings is 2. The molecule has 0 amide bonds. The molecule has 1 spiro atoms. The fraction of sp³-hybridized carbons (Fsp3) is 0.440.